The number of pyridine rings is 2. The summed E-state index contributed by atoms with van der Waals surface area (Å²) in [6, 6.07) is 14.1. The molecule has 1 N–H and O–H groups in total. The van der Waals surface area contributed by atoms with Gasteiger partial charge < -0.3 is 10.2 Å². The van der Waals surface area contributed by atoms with E-state index in [0.717, 1.165) is 30.6 Å². The second kappa shape index (κ2) is 7.35. The number of nitrogens with one attached hydrogen (secondary N) is 1. The Kier molecular flexibility index (Phi) is 4.60. The van der Waals surface area contributed by atoms with E-state index < -0.39 is 0 Å². The van der Waals surface area contributed by atoms with Crippen molar-refractivity contribution in [3.05, 3.63) is 83.9 Å². The zero-order valence-corrected chi connectivity index (χ0v) is 14.4. The fraction of sp³-hybridized carbons (Fsp3) is 0.190. The van der Waals surface area contributed by atoms with Crippen LogP contribution in [0.5, 0.6) is 0 Å². The molecule has 0 fully saturated rings. The molecule has 3 heterocycles. The predicted octanol–water partition coefficient (Wildman–Crippen LogP) is 3.49. The lowest BCUT2D eigenvalue weighted by Gasteiger charge is -2.31. The van der Waals surface area contributed by atoms with Gasteiger partial charge in [-0.3, -0.25) is 14.8 Å². The van der Waals surface area contributed by atoms with E-state index in [1.165, 1.54) is 11.3 Å². The van der Waals surface area contributed by atoms with Gasteiger partial charge in [-0.05, 0) is 48.2 Å². The Morgan fingerprint density at radius 1 is 1.08 bits per heavy atom. The summed E-state index contributed by atoms with van der Waals surface area (Å²) < 4.78 is 0. The molecule has 2 aromatic heterocycles. The maximum atomic E-state index is 12.5. The number of amides is 1. The highest BCUT2D eigenvalue weighted by Gasteiger charge is 2.19. The number of carbonyl (C=O) groups excluding carboxylic acids is 1. The summed E-state index contributed by atoms with van der Waals surface area (Å²) in [6.07, 6.45) is 9.06. The van der Waals surface area contributed by atoms with Crippen LogP contribution in [0, 0.1) is 0 Å². The average Bonchev–Trinajstić information content (AvgIpc) is 2.72. The van der Waals surface area contributed by atoms with Crippen molar-refractivity contribution in [3.8, 4) is 0 Å². The minimum absolute atomic E-state index is 0.124. The highest BCUT2D eigenvalue weighted by atomic mass is 16.1. The summed E-state index contributed by atoms with van der Waals surface area (Å²) in [5.74, 6) is -0.124. The van der Waals surface area contributed by atoms with Gasteiger partial charge in [-0.1, -0.05) is 18.2 Å². The number of hydrogen-bond donors (Lipinski definition) is 1. The van der Waals surface area contributed by atoms with E-state index >= 15 is 0 Å². The third-order valence-corrected chi connectivity index (χ3v) is 4.61. The van der Waals surface area contributed by atoms with E-state index in [0.29, 0.717) is 12.1 Å². The van der Waals surface area contributed by atoms with E-state index in [1.54, 1.807) is 18.6 Å². The van der Waals surface area contributed by atoms with Crippen LogP contribution in [0.3, 0.4) is 0 Å². The second-order valence-electron chi connectivity index (χ2n) is 6.35. The standard InChI is InChI=1S/C21H20N4O/c26-21(24-13-16-7-9-22-10-8-16)18-12-19(15-23-14-18)25-11-3-5-17-4-1-2-6-20(17)25/h1-2,4,6-10,12,14-15H,3,5,11,13H2,(H,24,26). The van der Waals surface area contributed by atoms with Crippen LogP contribution >= 0.6 is 0 Å². The molecule has 0 bridgehead atoms. The molecule has 1 aliphatic rings. The maximum Gasteiger partial charge on any atom is 0.253 e. The van der Waals surface area contributed by atoms with Crippen LogP contribution in [0.2, 0.25) is 0 Å². The van der Waals surface area contributed by atoms with Gasteiger partial charge in [-0.2, -0.15) is 0 Å². The van der Waals surface area contributed by atoms with E-state index in [9.17, 15) is 4.79 Å². The third-order valence-electron chi connectivity index (χ3n) is 4.61. The molecule has 4 rings (SSSR count). The molecular formula is C21H20N4O. The average molecular weight is 344 g/mol. The number of aromatic nitrogens is 2. The Morgan fingerprint density at radius 2 is 1.92 bits per heavy atom. The third kappa shape index (κ3) is 3.42. The van der Waals surface area contributed by atoms with Gasteiger partial charge in [0.15, 0.2) is 0 Å². The lowest BCUT2D eigenvalue weighted by Crippen LogP contribution is -2.26. The first-order valence-corrected chi connectivity index (χ1v) is 8.79. The number of anilines is 2. The lowest BCUT2D eigenvalue weighted by atomic mass is 10.0. The summed E-state index contributed by atoms with van der Waals surface area (Å²) >= 11 is 0. The highest BCUT2D eigenvalue weighted by Crippen LogP contribution is 2.33. The molecular weight excluding hydrogens is 324 g/mol. The molecule has 1 aliphatic heterocycles. The van der Waals surface area contributed by atoms with Crippen LogP contribution in [0.4, 0.5) is 11.4 Å². The van der Waals surface area contributed by atoms with Crippen LogP contribution in [0.15, 0.2) is 67.3 Å². The van der Waals surface area contributed by atoms with Crippen LogP contribution in [0.1, 0.15) is 27.9 Å². The van der Waals surface area contributed by atoms with Crippen molar-refractivity contribution in [1.29, 1.82) is 0 Å². The smallest absolute Gasteiger partial charge is 0.253 e. The fourth-order valence-corrected chi connectivity index (χ4v) is 3.29. The first kappa shape index (κ1) is 16.3. The largest absolute Gasteiger partial charge is 0.348 e. The van der Waals surface area contributed by atoms with E-state index in [2.05, 4.69) is 44.5 Å². The van der Waals surface area contributed by atoms with E-state index in [-0.39, 0.29) is 5.91 Å². The molecule has 0 atom stereocenters. The normalized spacial score (nSPS) is 13.2. The van der Waals surface area contributed by atoms with E-state index in [1.807, 2.05) is 24.4 Å². The monoisotopic (exact) mass is 344 g/mol. The zero-order chi connectivity index (χ0) is 17.8. The highest BCUT2D eigenvalue weighted by molar-refractivity contribution is 5.95. The Balaban J connectivity index is 1.53. The summed E-state index contributed by atoms with van der Waals surface area (Å²) in [4.78, 5) is 23.0. The molecule has 0 spiro atoms. The SMILES string of the molecule is O=C(NCc1ccncc1)c1cncc(N2CCCc3ccccc32)c1. The van der Waals surface area contributed by atoms with Gasteiger partial charge in [-0.15, -0.1) is 0 Å². The van der Waals surface area contributed by atoms with Crippen LogP contribution < -0.4 is 10.2 Å². The Morgan fingerprint density at radius 3 is 2.81 bits per heavy atom. The molecule has 1 amide bonds. The minimum Gasteiger partial charge on any atom is -0.348 e. The Bertz CT molecular complexity index is 911. The van der Waals surface area contributed by atoms with Crippen molar-refractivity contribution in [2.45, 2.75) is 19.4 Å². The summed E-state index contributed by atoms with van der Waals surface area (Å²) in [5.41, 5.74) is 5.08. The molecule has 26 heavy (non-hydrogen) atoms. The first-order chi connectivity index (χ1) is 12.8. The number of fused-ring (bicyclic) bond motifs is 1. The number of para-hydroxylation sites is 1. The van der Waals surface area contributed by atoms with Gasteiger partial charge in [0.05, 0.1) is 17.4 Å². The van der Waals surface area contributed by atoms with Crippen molar-refractivity contribution >= 4 is 17.3 Å². The molecule has 0 saturated heterocycles. The van der Waals surface area contributed by atoms with Gasteiger partial charge in [0.2, 0.25) is 0 Å². The number of hydrogen-bond acceptors (Lipinski definition) is 4. The molecule has 5 heteroatoms. The molecule has 5 nitrogen and oxygen atoms in total. The maximum absolute atomic E-state index is 12.5. The van der Waals surface area contributed by atoms with Gasteiger partial charge in [-0.25, -0.2) is 0 Å². The topological polar surface area (TPSA) is 58.1 Å². The number of nitrogens with zero attached hydrogens (tertiary/aromatic N) is 3. The van der Waals surface area contributed by atoms with Crippen molar-refractivity contribution in [1.82, 2.24) is 15.3 Å². The van der Waals surface area contributed by atoms with Gasteiger partial charge in [0.25, 0.3) is 5.91 Å². The van der Waals surface area contributed by atoms with Crippen LogP contribution in [0.25, 0.3) is 0 Å². The summed E-state index contributed by atoms with van der Waals surface area (Å²) in [6.45, 7) is 1.40. The summed E-state index contributed by atoms with van der Waals surface area (Å²) in [5, 5.41) is 2.94. The molecule has 1 aromatic carbocycles. The molecule has 0 unspecified atom stereocenters. The van der Waals surface area contributed by atoms with Crippen molar-refractivity contribution in [2.75, 3.05) is 11.4 Å². The Labute approximate surface area is 152 Å². The number of benzene rings is 1. The van der Waals surface area contributed by atoms with Crippen molar-refractivity contribution < 1.29 is 4.79 Å². The quantitative estimate of drug-likeness (QED) is 0.787. The zero-order valence-electron chi connectivity index (χ0n) is 14.4. The first-order valence-electron chi connectivity index (χ1n) is 8.79. The number of carbonyl (C=O) groups is 1. The summed E-state index contributed by atoms with van der Waals surface area (Å²) in [7, 11) is 0. The van der Waals surface area contributed by atoms with E-state index in [4.69, 9.17) is 0 Å². The van der Waals surface area contributed by atoms with Gasteiger partial charge in [0, 0.05) is 37.4 Å². The number of aryl methyl sites for hydroxylation is 1. The molecule has 3 aromatic rings. The predicted molar refractivity (Wildman–Crippen MR) is 101 cm³/mol. The molecule has 0 aliphatic carbocycles. The molecule has 0 radical (unpaired) electrons. The second-order valence-corrected chi connectivity index (χ2v) is 6.35. The fourth-order valence-electron chi connectivity index (χ4n) is 3.29. The lowest BCUT2D eigenvalue weighted by molar-refractivity contribution is 0.0950. The van der Waals surface area contributed by atoms with Gasteiger partial charge in [0.1, 0.15) is 0 Å². The van der Waals surface area contributed by atoms with Crippen LogP contribution in [-0.4, -0.2) is 22.4 Å². The number of rotatable bonds is 4. The molecule has 0 saturated carbocycles. The molecule has 130 valence electrons. The Hall–Kier alpha value is -3.21. The van der Waals surface area contributed by atoms with Crippen molar-refractivity contribution in [2.24, 2.45) is 0 Å². The minimum atomic E-state index is -0.124. The van der Waals surface area contributed by atoms with Gasteiger partial charge >= 0.3 is 0 Å². The van der Waals surface area contributed by atoms with Crippen molar-refractivity contribution in [3.63, 3.8) is 0 Å². The van der Waals surface area contributed by atoms with Crippen LogP contribution in [-0.2, 0) is 13.0 Å².